The zero-order valence-corrected chi connectivity index (χ0v) is 9.62. The molecule has 0 aliphatic rings. The summed E-state index contributed by atoms with van der Waals surface area (Å²) in [7, 11) is 1.35. The van der Waals surface area contributed by atoms with Crippen LogP contribution in [0.15, 0.2) is 27.4 Å². The van der Waals surface area contributed by atoms with Crippen molar-refractivity contribution in [3.8, 4) is 11.8 Å². The molecule has 0 saturated heterocycles. The highest BCUT2D eigenvalue weighted by Gasteiger charge is 2.12. The highest BCUT2D eigenvalue weighted by molar-refractivity contribution is 6.35. The van der Waals surface area contributed by atoms with Gasteiger partial charge in [-0.2, -0.15) is 4.68 Å². The third-order valence-electron chi connectivity index (χ3n) is 1.84. The van der Waals surface area contributed by atoms with Crippen LogP contribution >= 0.6 is 23.2 Å². The first-order valence-electron chi connectivity index (χ1n) is 4.21. The number of benzene rings is 1. The van der Waals surface area contributed by atoms with E-state index in [1.165, 1.54) is 13.2 Å². The van der Waals surface area contributed by atoms with E-state index in [1.54, 1.807) is 12.1 Å². The van der Waals surface area contributed by atoms with Gasteiger partial charge in [0.25, 0.3) is 0 Å². The maximum atomic E-state index is 11.4. The lowest BCUT2D eigenvalue weighted by atomic mass is 10.3. The number of nitrogens with zero attached hydrogens (tertiary/aromatic N) is 2. The Morgan fingerprint density at radius 2 is 2.19 bits per heavy atom. The molecule has 0 atom stereocenters. The van der Waals surface area contributed by atoms with E-state index < -0.39 is 5.76 Å². The first-order chi connectivity index (χ1) is 7.61. The van der Waals surface area contributed by atoms with Crippen molar-refractivity contribution in [3.05, 3.63) is 38.8 Å². The molecule has 7 heteroatoms. The monoisotopic (exact) mass is 260 g/mol. The van der Waals surface area contributed by atoms with Gasteiger partial charge in [0, 0.05) is 5.02 Å². The van der Waals surface area contributed by atoms with Crippen molar-refractivity contribution in [3.63, 3.8) is 0 Å². The molecule has 1 aromatic carbocycles. The molecule has 1 heterocycles. The van der Waals surface area contributed by atoms with Gasteiger partial charge in [-0.25, -0.2) is 4.79 Å². The molecule has 0 radical (unpaired) electrons. The van der Waals surface area contributed by atoms with Gasteiger partial charge < -0.3 is 9.15 Å². The Morgan fingerprint density at radius 1 is 1.44 bits per heavy atom. The van der Waals surface area contributed by atoms with Gasteiger partial charge in [-0.05, 0) is 18.2 Å². The molecule has 2 rings (SSSR count). The lowest BCUT2D eigenvalue weighted by molar-refractivity contribution is 0.282. The third-order valence-corrected chi connectivity index (χ3v) is 2.38. The molecule has 0 aliphatic heterocycles. The Labute approximate surface area is 100 Å². The van der Waals surface area contributed by atoms with Crippen molar-refractivity contribution in [2.24, 2.45) is 0 Å². The highest BCUT2D eigenvalue weighted by Crippen LogP contribution is 2.23. The standard InChI is InChI=1S/C9H6Cl2N2O3/c1-15-8-12-13(9(14)16-8)7-3-2-5(10)4-6(7)11/h2-4H,1H3. The van der Waals surface area contributed by atoms with Crippen molar-refractivity contribution in [1.82, 2.24) is 9.78 Å². The lowest BCUT2D eigenvalue weighted by Gasteiger charge is -2.01. The summed E-state index contributed by atoms with van der Waals surface area (Å²) in [5.41, 5.74) is 0.378. The summed E-state index contributed by atoms with van der Waals surface area (Å²) in [5.74, 6) is -0.680. The molecule has 5 nitrogen and oxygen atoms in total. The van der Waals surface area contributed by atoms with E-state index in [4.69, 9.17) is 27.9 Å². The van der Waals surface area contributed by atoms with Crippen molar-refractivity contribution < 1.29 is 9.15 Å². The minimum absolute atomic E-state index is 0.129. The second-order valence-corrected chi connectivity index (χ2v) is 3.69. The van der Waals surface area contributed by atoms with Crippen molar-refractivity contribution >= 4 is 23.2 Å². The number of methoxy groups -OCH3 is 1. The summed E-state index contributed by atoms with van der Waals surface area (Å²) < 4.78 is 10.4. The number of halogens is 2. The fraction of sp³-hybridized carbons (Fsp3) is 0.111. The van der Waals surface area contributed by atoms with E-state index in [-0.39, 0.29) is 6.08 Å². The second kappa shape index (κ2) is 4.19. The SMILES string of the molecule is COc1nn(-c2ccc(Cl)cc2Cl)c(=O)o1. The number of hydrogen-bond acceptors (Lipinski definition) is 4. The minimum Gasteiger partial charge on any atom is -0.452 e. The second-order valence-electron chi connectivity index (χ2n) is 2.85. The van der Waals surface area contributed by atoms with Crippen LogP contribution in [-0.2, 0) is 0 Å². The zero-order valence-electron chi connectivity index (χ0n) is 8.11. The molecule has 0 spiro atoms. The molecule has 0 bridgehead atoms. The molecule has 0 aliphatic carbocycles. The molecule has 0 saturated carbocycles. The van der Waals surface area contributed by atoms with Crippen LogP contribution in [0.25, 0.3) is 5.69 Å². The number of aromatic nitrogens is 2. The molecular weight excluding hydrogens is 255 g/mol. The zero-order chi connectivity index (χ0) is 11.7. The van der Waals surface area contributed by atoms with E-state index in [0.717, 1.165) is 4.68 Å². The van der Waals surface area contributed by atoms with E-state index in [2.05, 4.69) is 9.52 Å². The molecule has 16 heavy (non-hydrogen) atoms. The van der Waals surface area contributed by atoms with Gasteiger partial charge in [0.05, 0.1) is 17.8 Å². The summed E-state index contributed by atoms with van der Waals surface area (Å²) in [4.78, 5) is 11.4. The number of ether oxygens (including phenoxy) is 1. The Bertz CT molecular complexity index is 576. The third kappa shape index (κ3) is 1.91. The molecule has 2 aromatic rings. The van der Waals surface area contributed by atoms with Gasteiger partial charge in [0.2, 0.25) is 0 Å². The van der Waals surface area contributed by atoms with Crippen LogP contribution in [0.4, 0.5) is 0 Å². The average Bonchev–Trinajstić information content (AvgIpc) is 2.60. The van der Waals surface area contributed by atoms with Crippen LogP contribution in [0.3, 0.4) is 0 Å². The van der Waals surface area contributed by atoms with E-state index in [1.807, 2.05) is 0 Å². The first-order valence-corrected chi connectivity index (χ1v) is 4.97. The smallest absolute Gasteiger partial charge is 0.444 e. The Morgan fingerprint density at radius 3 is 2.75 bits per heavy atom. The highest BCUT2D eigenvalue weighted by atomic mass is 35.5. The fourth-order valence-corrected chi connectivity index (χ4v) is 1.64. The Hall–Kier alpha value is -1.46. The Balaban J connectivity index is 2.58. The van der Waals surface area contributed by atoms with Gasteiger partial charge in [-0.1, -0.05) is 28.3 Å². The number of rotatable bonds is 2. The van der Waals surface area contributed by atoms with Gasteiger partial charge in [0.15, 0.2) is 0 Å². The van der Waals surface area contributed by atoms with Gasteiger partial charge in [0.1, 0.15) is 0 Å². The largest absolute Gasteiger partial charge is 0.452 e. The Kier molecular flexibility index (Phi) is 2.89. The van der Waals surface area contributed by atoms with Gasteiger partial charge in [-0.15, -0.1) is 0 Å². The fourth-order valence-electron chi connectivity index (χ4n) is 1.15. The van der Waals surface area contributed by atoms with Gasteiger partial charge in [-0.3, -0.25) is 0 Å². The maximum Gasteiger partial charge on any atom is 0.444 e. The van der Waals surface area contributed by atoms with Crippen LogP contribution in [0.1, 0.15) is 0 Å². The summed E-state index contributed by atoms with van der Waals surface area (Å²) in [6.45, 7) is 0. The molecule has 0 unspecified atom stereocenters. The van der Waals surface area contributed by atoms with Crippen LogP contribution < -0.4 is 10.5 Å². The molecular formula is C9H6Cl2N2O3. The van der Waals surface area contributed by atoms with E-state index in [0.29, 0.717) is 15.7 Å². The lowest BCUT2D eigenvalue weighted by Crippen LogP contribution is -2.13. The minimum atomic E-state index is -0.680. The van der Waals surface area contributed by atoms with Gasteiger partial charge >= 0.3 is 11.8 Å². The summed E-state index contributed by atoms with van der Waals surface area (Å²) in [5, 5.41) is 4.54. The molecule has 1 aromatic heterocycles. The van der Waals surface area contributed by atoms with Crippen LogP contribution in [0.5, 0.6) is 6.08 Å². The predicted molar refractivity (Wildman–Crippen MR) is 58.7 cm³/mol. The van der Waals surface area contributed by atoms with Crippen LogP contribution in [0.2, 0.25) is 10.0 Å². The summed E-state index contributed by atoms with van der Waals surface area (Å²) in [6, 6.07) is 4.66. The van der Waals surface area contributed by atoms with Crippen molar-refractivity contribution in [2.45, 2.75) is 0 Å². The summed E-state index contributed by atoms with van der Waals surface area (Å²) in [6.07, 6.45) is -0.129. The first kappa shape index (κ1) is 11.0. The van der Waals surface area contributed by atoms with Crippen LogP contribution in [-0.4, -0.2) is 16.9 Å². The molecule has 0 fully saturated rings. The quantitative estimate of drug-likeness (QED) is 0.830. The average molecular weight is 261 g/mol. The molecule has 0 amide bonds. The molecule has 84 valence electrons. The number of hydrogen-bond donors (Lipinski definition) is 0. The van der Waals surface area contributed by atoms with Crippen molar-refractivity contribution in [1.29, 1.82) is 0 Å². The van der Waals surface area contributed by atoms with Crippen LogP contribution in [0, 0.1) is 0 Å². The predicted octanol–water partition coefficient (Wildman–Crippen LogP) is 2.14. The topological polar surface area (TPSA) is 57.3 Å². The van der Waals surface area contributed by atoms with E-state index in [9.17, 15) is 4.79 Å². The summed E-state index contributed by atoms with van der Waals surface area (Å²) >= 11 is 11.7. The molecule has 0 N–H and O–H groups in total. The van der Waals surface area contributed by atoms with Crippen molar-refractivity contribution in [2.75, 3.05) is 7.11 Å². The van der Waals surface area contributed by atoms with E-state index >= 15 is 0 Å². The normalized spacial score (nSPS) is 10.4. The maximum absolute atomic E-state index is 11.4.